The van der Waals surface area contributed by atoms with E-state index in [4.69, 9.17) is 11.6 Å². The van der Waals surface area contributed by atoms with E-state index in [1.807, 2.05) is 12.1 Å². The number of nitrogens with one attached hydrogen (secondary N) is 2. The Balaban J connectivity index is 1.96. The Morgan fingerprint density at radius 3 is 2.31 bits per heavy atom. The lowest BCUT2D eigenvalue weighted by molar-refractivity contribution is -0.137. The molecule has 4 nitrogen and oxygen atoms in total. The van der Waals surface area contributed by atoms with E-state index in [2.05, 4.69) is 43.2 Å². The fourth-order valence-electron chi connectivity index (χ4n) is 2.10. The Hall–Kier alpha value is -2.07. The number of anilines is 4. The van der Waals surface area contributed by atoms with Crippen molar-refractivity contribution in [2.45, 2.75) is 6.18 Å². The Labute approximate surface area is 166 Å². The Morgan fingerprint density at radius 1 is 0.962 bits per heavy atom. The van der Waals surface area contributed by atoms with Gasteiger partial charge in [-0.3, -0.25) is 0 Å². The SMILES string of the molecule is FC(F)(F)c1cnc(Nc2ccc(I)cc2)nc1Nc1ccccc1Cl. The van der Waals surface area contributed by atoms with Gasteiger partial charge in [-0.05, 0) is 59.0 Å². The van der Waals surface area contributed by atoms with Gasteiger partial charge >= 0.3 is 6.18 Å². The van der Waals surface area contributed by atoms with Crippen LogP contribution in [0, 0.1) is 3.57 Å². The minimum Gasteiger partial charge on any atom is -0.338 e. The summed E-state index contributed by atoms with van der Waals surface area (Å²) in [5, 5.41) is 5.81. The lowest BCUT2D eigenvalue weighted by Gasteiger charge is -2.15. The topological polar surface area (TPSA) is 49.8 Å². The van der Waals surface area contributed by atoms with E-state index in [0.717, 1.165) is 9.77 Å². The number of nitrogens with zero attached hydrogens (tertiary/aromatic N) is 2. The molecule has 2 aromatic carbocycles. The second-order valence-corrected chi connectivity index (χ2v) is 6.84. The molecule has 3 rings (SSSR count). The molecule has 0 aliphatic heterocycles. The first-order valence-electron chi connectivity index (χ1n) is 7.31. The monoisotopic (exact) mass is 490 g/mol. The van der Waals surface area contributed by atoms with Crippen LogP contribution in [0.5, 0.6) is 0 Å². The zero-order chi connectivity index (χ0) is 18.7. The first kappa shape index (κ1) is 18.7. The van der Waals surface area contributed by atoms with Gasteiger partial charge in [-0.15, -0.1) is 0 Å². The lowest BCUT2D eigenvalue weighted by Crippen LogP contribution is -2.12. The fraction of sp³-hybridized carbons (Fsp3) is 0.0588. The van der Waals surface area contributed by atoms with Gasteiger partial charge in [0.1, 0.15) is 11.4 Å². The molecule has 1 heterocycles. The predicted molar refractivity (Wildman–Crippen MR) is 104 cm³/mol. The summed E-state index contributed by atoms with van der Waals surface area (Å²) < 4.78 is 40.9. The Bertz CT molecular complexity index is 917. The second kappa shape index (κ2) is 7.67. The molecular weight excluding hydrogens is 480 g/mol. The minimum atomic E-state index is -4.61. The summed E-state index contributed by atoms with van der Waals surface area (Å²) in [5.41, 5.74) is -0.00182. The molecule has 0 amide bonds. The molecule has 0 spiro atoms. The minimum absolute atomic E-state index is 0.0359. The lowest BCUT2D eigenvalue weighted by atomic mass is 10.2. The summed E-state index contributed by atoms with van der Waals surface area (Å²) in [5.74, 6) is -0.345. The number of aromatic nitrogens is 2. The highest BCUT2D eigenvalue weighted by Gasteiger charge is 2.35. The third kappa shape index (κ3) is 4.55. The molecule has 3 aromatic rings. The van der Waals surface area contributed by atoms with Crippen LogP contribution < -0.4 is 10.6 Å². The quantitative estimate of drug-likeness (QED) is 0.425. The summed E-state index contributed by atoms with van der Waals surface area (Å²) in [6.45, 7) is 0. The zero-order valence-electron chi connectivity index (χ0n) is 13.0. The van der Waals surface area contributed by atoms with E-state index in [9.17, 15) is 13.2 Å². The van der Waals surface area contributed by atoms with E-state index >= 15 is 0 Å². The molecule has 9 heteroatoms. The molecule has 0 atom stereocenters. The molecule has 0 bridgehead atoms. The first-order chi connectivity index (χ1) is 12.3. The third-order valence-electron chi connectivity index (χ3n) is 3.32. The number of halogens is 5. The van der Waals surface area contributed by atoms with Crippen molar-refractivity contribution >= 4 is 57.3 Å². The van der Waals surface area contributed by atoms with E-state index in [0.29, 0.717) is 11.4 Å². The van der Waals surface area contributed by atoms with Gasteiger partial charge in [-0.2, -0.15) is 18.2 Å². The largest absolute Gasteiger partial charge is 0.421 e. The summed E-state index contributed by atoms with van der Waals surface area (Å²) in [4.78, 5) is 7.75. The van der Waals surface area contributed by atoms with Crippen LogP contribution in [0.15, 0.2) is 54.7 Å². The van der Waals surface area contributed by atoms with Crippen LogP contribution in [-0.4, -0.2) is 9.97 Å². The summed E-state index contributed by atoms with van der Waals surface area (Å²) in [6, 6.07) is 13.8. The Morgan fingerprint density at radius 2 is 1.65 bits per heavy atom. The van der Waals surface area contributed by atoms with Crippen molar-refractivity contribution in [1.29, 1.82) is 0 Å². The van der Waals surface area contributed by atoms with Crippen LogP contribution in [-0.2, 0) is 6.18 Å². The normalized spacial score (nSPS) is 11.3. The molecule has 0 radical (unpaired) electrons. The molecule has 1 aromatic heterocycles. The van der Waals surface area contributed by atoms with Crippen molar-refractivity contribution in [3.05, 3.63) is 68.9 Å². The van der Waals surface area contributed by atoms with Crippen LogP contribution in [0.4, 0.5) is 36.3 Å². The van der Waals surface area contributed by atoms with Crippen molar-refractivity contribution in [2.75, 3.05) is 10.6 Å². The molecule has 0 saturated heterocycles. The summed E-state index contributed by atoms with van der Waals surface area (Å²) >= 11 is 8.18. The van der Waals surface area contributed by atoms with Gasteiger partial charge in [0.05, 0.1) is 10.7 Å². The van der Waals surface area contributed by atoms with Gasteiger partial charge in [0.25, 0.3) is 0 Å². The number of hydrogen-bond donors (Lipinski definition) is 2. The molecule has 0 unspecified atom stereocenters. The van der Waals surface area contributed by atoms with Gasteiger partial charge in [0.15, 0.2) is 0 Å². The van der Waals surface area contributed by atoms with E-state index in [1.165, 1.54) is 0 Å². The maximum atomic E-state index is 13.3. The highest BCUT2D eigenvalue weighted by Crippen LogP contribution is 2.36. The number of benzene rings is 2. The van der Waals surface area contributed by atoms with Crippen LogP contribution in [0.1, 0.15) is 5.56 Å². The molecule has 0 aliphatic carbocycles. The highest BCUT2D eigenvalue weighted by atomic mass is 127. The van der Waals surface area contributed by atoms with Crippen molar-refractivity contribution in [2.24, 2.45) is 0 Å². The Kier molecular flexibility index (Phi) is 5.52. The highest BCUT2D eigenvalue weighted by molar-refractivity contribution is 14.1. The molecule has 134 valence electrons. The van der Waals surface area contributed by atoms with Crippen molar-refractivity contribution in [1.82, 2.24) is 9.97 Å². The predicted octanol–water partition coefficient (Wildman–Crippen LogP) is 6.24. The summed E-state index contributed by atoms with van der Waals surface area (Å²) in [6.07, 6.45) is -3.87. The van der Waals surface area contributed by atoms with Gasteiger partial charge in [-0.25, -0.2) is 4.98 Å². The zero-order valence-corrected chi connectivity index (χ0v) is 15.9. The average molecular weight is 491 g/mol. The van der Waals surface area contributed by atoms with Crippen molar-refractivity contribution in [3.63, 3.8) is 0 Å². The van der Waals surface area contributed by atoms with Crippen molar-refractivity contribution < 1.29 is 13.2 Å². The summed E-state index contributed by atoms with van der Waals surface area (Å²) in [7, 11) is 0. The molecular formula is C17H11ClF3IN4. The van der Waals surface area contributed by atoms with E-state index < -0.39 is 11.7 Å². The van der Waals surface area contributed by atoms with Crippen molar-refractivity contribution in [3.8, 4) is 0 Å². The molecule has 26 heavy (non-hydrogen) atoms. The van der Waals surface area contributed by atoms with Crippen LogP contribution in [0.2, 0.25) is 5.02 Å². The molecule has 2 N–H and O–H groups in total. The maximum absolute atomic E-state index is 13.3. The van der Waals surface area contributed by atoms with Gasteiger partial charge < -0.3 is 10.6 Å². The smallest absolute Gasteiger partial charge is 0.338 e. The van der Waals surface area contributed by atoms with Gasteiger partial charge in [0, 0.05) is 15.5 Å². The number of rotatable bonds is 4. The number of alkyl halides is 3. The van der Waals surface area contributed by atoms with Gasteiger partial charge in [0.2, 0.25) is 5.95 Å². The van der Waals surface area contributed by atoms with E-state index in [1.54, 1.807) is 36.4 Å². The number of hydrogen-bond acceptors (Lipinski definition) is 4. The first-order valence-corrected chi connectivity index (χ1v) is 8.77. The average Bonchev–Trinajstić information content (AvgIpc) is 2.58. The van der Waals surface area contributed by atoms with Crippen LogP contribution >= 0.6 is 34.2 Å². The molecule has 0 fully saturated rings. The van der Waals surface area contributed by atoms with E-state index in [-0.39, 0.29) is 16.8 Å². The second-order valence-electron chi connectivity index (χ2n) is 5.19. The van der Waals surface area contributed by atoms with Crippen LogP contribution in [0.25, 0.3) is 0 Å². The standard InChI is InChI=1S/C17H11ClF3IN4/c18-13-3-1-2-4-14(13)25-15-12(17(19,20)21)9-23-16(26-15)24-11-7-5-10(22)6-8-11/h1-9H,(H2,23,24,25,26). The molecule has 0 saturated carbocycles. The maximum Gasteiger partial charge on any atom is 0.421 e. The van der Waals surface area contributed by atoms with Gasteiger partial charge in [-0.1, -0.05) is 23.7 Å². The molecule has 0 aliphatic rings. The number of para-hydroxylation sites is 1. The fourth-order valence-corrected chi connectivity index (χ4v) is 2.64. The third-order valence-corrected chi connectivity index (χ3v) is 4.37. The van der Waals surface area contributed by atoms with Crippen LogP contribution in [0.3, 0.4) is 0 Å².